The van der Waals surface area contributed by atoms with Crippen LogP contribution in [0.4, 0.5) is 0 Å². The largest absolute Gasteiger partial charge is 0.308 e. The summed E-state index contributed by atoms with van der Waals surface area (Å²) >= 11 is 6.72. The lowest BCUT2D eigenvalue weighted by atomic mass is 9.96. The minimum absolute atomic E-state index is 0.689. The molecule has 0 aliphatic heterocycles. The number of pyridine rings is 1. The Balaban J connectivity index is 1.50. The van der Waals surface area contributed by atoms with E-state index < -0.39 is 0 Å². The van der Waals surface area contributed by atoms with Crippen LogP contribution in [0.2, 0.25) is 5.02 Å². The smallest absolute Gasteiger partial charge is 0.157 e. The Kier molecular flexibility index (Phi) is 4.72. The van der Waals surface area contributed by atoms with Crippen LogP contribution in [0, 0.1) is 0 Å². The molecule has 0 fully saturated rings. The van der Waals surface area contributed by atoms with Crippen molar-refractivity contribution in [3.63, 3.8) is 0 Å². The molecule has 29 heavy (non-hydrogen) atoms. The van der Waals surface area contributed by atoms with E-state index in [0.717, 1.165) is 33.7 Å². The van der Waals surface area contributed by atoms with Crippen molar-refractivity contribution in [2.24, 2.45) is 0 Å². The zero-order valence-electron chi connectivity index (χ0n) is 15.7. The van der Waals surface area contributed by atoms with Crippen molar-refractivity contribution in [2.45, 2.75) is 13.1 Å². The molecule has 142 valence electrons. The maximum Gasteiger partial charge on any atom is 0.157 e. The van der Waals surface area contributed by atoms with Crippen molar-refractivity contribution in [1.82, 2.24) is 20.1 Å². The molecule has 5 rings (SSSR count). The molecule has 5 aromatic rings. The van der Waals surface area contributed by atoms with Crippen LogP contribution in [0.15, 0.2) is 85.3 Å². The van der Waals surface area contributed by atoms with Gasteiger partial charge in [-0.1, -0.05) is 66.2 Å². The second-order valence-electron chi connectivity index (χ2n) is 6.92. The first-order valence-corrected chi connectivity index (χ1v) is 9.93. The van der Waals surface area contributed by atoms with E-state index in [2.05, 4.69) is 57.9 Å². The monoisotopic (exact) mass is 398 g/mol. The van der Waals surface area contributed by atoms with Gasteiger partial charge in [-0.25, -0.2) is 9.67 Å². The Morgan fingerprint density at radius 1 is 0.759 bits per heavy atom. The summed E-state index contributed by atoms with van der Waals surface area (Å²) in [5.74, 6) is 0.843. The number of nitrogens with one attached hydrogen (secondary N) is 1. The molecule has 0 unspecified atom stereocenters. The van der Waals surface area contributed by atoms with Gasteiger partial charge in [0, 0.05) is 48.0 Å². The van der Waals surface area contributed by atoms with Crippen molar-refractivity contribution < 1.29 is 0 Å². The van der Waals surface area contributed by atoms with E-state index in [1.165, 1.54) is 16.3 Å². The van der Waals surface area contributed by atoms with Gasteiger partial charge >= 0.3 is 0 Å². The summed E-state index contributed by atoms with van der Waals surface area (Å²) in [6, 6.07) is 22.6. The Hall–Kier alpha value is -3.21. The van der Waals surface area contributed by atoms with Gasteiger partial charge in [0.1, 0.15) is 0 Å². The second kappa shape index (κ2) is 7.66. The number of hydrogen-bond acceptors (Lipinski definition) is 3. The maximum absolute atomic E-state index is 6.72. The van der Waals surface area contributed by atoms with E-state index >= 15 is 0 Å². The fraction of sp³-hybridized carbons (Fsp3) is 0.0833. The van der Waals surface area contributed by atoms with Crippen molar-refractivity contribution in [1.29, 1.82) is 0 Å². The Morgan fingerprint density at radius 2 is 1.45 bits per heavy atom. The van der Waals surface area contributed by atoms with E-state index in [-0.39, 0.29) is 0 Å². The molecule has 0 saturated heterocycles. The summed E-state index contributed by atoms with van der Waals surface area (Å²) < 4.78 is 1.80. The molecule has 4 nitrogen and oxygen atoms in total. The first-order valence-electron chi connectivity index (χ1n) is 9.55. The molecule has 0 radical (unpaired) electrons. The third kappa shape index (κ3) is 3.27. The first-order chi connectivity index (χ1) is 14.3. The van der Waals surface area contributed by atoms with Gasteiger partial charge in [0.15, 0.2) is 5.82 Å². The van der Waals surface area contributed by atoms with Gasteiger partial charge in [-0.2, -0.15) is 5.10 Å². The summed E-state index contributed by atoms with van der Waals surface area (Å²) in [6.45, 7) is 1.42. The molecule has 0 bridgehead atoms. The molecule has 0 aliphatic carbocycles. The maximum atomic E-state index is 6.72. The summed E-state index contributed by atoms with van der Waals surface area (Å²) in [5.41, 5.74) is 2.35. The zero-order valence-corrected chi connectivity index (χ0v) is 16.5. The zero-order chi connectivity index (χ0) is 19.6. The van der Waals surface area contributed by atoms with E-state index in [9.17, 15) is 0 Å². The number of benzene rings is 3. The molecule has 0 aliphatic rings. The van der Waals surface area contributed by atoms with Crippen molar-refractivity contribution in [2.75, 3.05) is 0 Å². The normalized spacial score (nSPS) is 11.3. The third-order valence-electron chi connectivity index (χ3n) is 5.18. The fourth-order valence-corrected chi connectivity index (χ4v) is 4.18. The number of fused-ring (bicyclic) bond motifs is 2. The summed E-state index contributed by atoms with van der Waals surface area (Å²) in [5, 5.41) is 13.3. The van der Waals surface area contributed by atoms with Crippen molar-refractivity contribution in [3.05, 3.63) is 101 Å². The minimum atomic E-state index is 0.689. The van der Waals surface area contributed by atoms with Crippen LogP contribution < -0.4 is 5.32 Å². The average Bonchev–Trinajstić information content (AvgIpc) is 3.31. The van der Waals surface area contributed by atoms with Crippen LogP contribution in [0.3, 0.4) is 0 Å². The molecule has 3 aromatic carbocycles. The van der Waals surface area contributed by atoms with Crippen LogP contribution in [0.1, 0.15) is 11.1 Å². The first kappa shape index (κ1) is 17.9. The molecular weight excluding hydrogens is 380 g/mol. The highest BCUT2D eigenvalue weighted by Crippen LogP contribution is 2.36. The third-order valence-corrected chi connectivity index (χ3v) is 5.59. The van der Waals surface area contributed by atoms with Gasteiger partial charge in [-0.15, -0.1) is 0 Å². The van der Waals surface area contributed by atoms with E-state index in [0.29, 0.717) is 6.54 Å². The summed E-state index contributed by atoms with van der Waals surface area (Å²) in [4.78, 5) is 4.50. The van der Waals surface area contributed by atoms with Gasteiger partial charge in [0.2, 0.25) is 0 Å². The van der Waals surface area contributed by atoms with Crippen LogP contribution in [0.5, 0.6) is 0 Å². The SMILES string of the molecule is Clc1c2ccccc2c(CNCc2cccnc2-n2cccn2)c2ccccc12. The number of halogens is 1. The van der Waals surface area contributed by atoms with Gasteiger partial charge in [0.05, 0.1) is 5.02 Å². The lowest BCUT2D eigenvalue weighted by Gasteiger charge is -2.15. The molecule has 0 spiro atoms. The van der Waals surface area contributed by atoms with E-state index in [4.69, 9.17) is 11.6 Å². The topological polar surface area (TPSA) is 42.7 Å². The van der Waals surface area contributed by atoms with E-state index in [1.807, 2.05) is 30.5 Å². The quantitative estimate of drug-likeness (QED) is 0.396. The predicted molar refractivity (Wildman–Crippen MR) is 118 cm³/mol. The molecule has 0 atom stereocenters. The molecule has 0 amide bonds. The molecular formula is C24H19ClN4. The average molecular weight is 399 g/mol. The van der Waals surface area contributed by atoms with Crippen LogP contribution in [0.25, 0.3) is 27.4 Å². The van der Waals surface area contributed by atoms with E-state index in [1.54, 1.807) is 17.1 Å². The molecule has 1 N–H and O–H groups in total. The van der Waals surface area contributed by atoms with Gasteiger partial charge in [0.25, 0.3) is 0 Å². The summed E-state index contributed by atoms with van der Waals surface area (Å²) in [6.07, 6.45) is 5.46. The standard InChI is InChI=1S/C24H19ClN4/c25-23-20-10-3-1-8-18(20)22(19-9-2-4-11-21(19)23)16-26-15-17-7-5-12-27-24(17)29-14-6-13-28-29/h1-14,26H,15-16H2. The number of rotatable bonds is 5. The van der Waals surface area contributed by atoms with Crippen LogP contribution in [-0.2, 0) is 13.1 Å². The Morgan fingerprint density at radius 3 is 2.10 bits per heavy atom. The highest BCUT2D eigenvalue weighted by atomic mass is 35.5. The van der Waals surface area contributed by atoms with Crippen LogP contribution >= 0.6 is 11.6 Å². The Labute approximate surface area is 173 Å². The molecule has 2 heterocycles. The lowest BCUT2D eigenvalue weighted by Crippen LogP contribution is -2.16. The summed E-state index contributed by atoms with van der Waals surface area (Å²) in [7, 11) is 0. The predicted octanol–water partition coefficient (Wildman–Crippen LogP) is 5.52. The van der Waals surface area contributed by atoms with Gasteiger partial charge in [-0.05, 0) is 28.5 Å². The molecule has 5 heteroatoms. The minimum Gasteiger partial charge on any atom is -0.308 e. The Bertz CT molecular complexity index is 1240. The molecule has 2 aromatic heterocycles. The van der Waals surface area contributed by atoms with Crippen LogP contribution in [-0.4, -0.2) is 14.8 Å². The number of aromatic nitrogens is 3. The van der Waals surface area contributed by atoms with Crippen molar-refractivity contribution >= 4 is 33.1 Å². The second-order valence-corrected chi connectivity index (χ2v) is 7.30. The lowest BCUT2D eigenvalue weighted by molar-refractivity contribution is 0.686. The van der Waals surface area contributed by atoms with Gasteiger partial charge < -0.3 is 5.32 Å². The van der Waals surface area contributed by atoms with Crippen molar-refractivity contribution in [3.8, 4) is 5.82 Å². The van der Waals surface area contributed by atoms with Gasteiger partial charge in [-0.3, -0.25) is 0 Å². The number of nitrogens with zero attached hydrogens (tertiary/aromatic N) is 3. The highest BCUT2D eigenvalue weighted by molar-refractivity contribution is 6.41. The number of hydrogen-bond donors (Lipinski definition) is 1. The highest BCUT2D eigenvalue weighted by Gasteiger charge is 2.12. The fourth-order valence-electron chi connectivity index (χ4n) is 3.85. The molecule has 0 saturated carbocycles.